The first-order chi connectivity index (χ1) is 9.78. The van der Waals surface area contributed by atoms with Crippen molar-refractivity contribution in [2.75, 3.05) is 11.9 Å². The summed E-state index contributed by atoms with van der Waals surface area (Å²) >= 11 is 0. The highest BCUT2D eigenvalue weighted by atomic mass is 16.5. The van der Waals surface area contributed by atoms with Crippen LogP contribution in [0.5, 0.6) is 5.75 Å². The fourth-order valence-electron chi connectivity index (χ4n) is 2.85. The lowest BCUT2D eigenvalue weighted by Crippen LogP contribution is -2.16. The molecule has 0 radical (unpaired) electrons. The Bertz CT molecular complexity index is 588. The first-order valence-electron chi connectivity index (χ1n) is 7.34. The molecule has 0 saturated heterocycles. The van der Waals surface area contributed by atoms with E-state index in [1.54, 1.807) is 6.26 Å². The predicted octanol–water partition coefficient (Wildman–Crippen LogP) is 4.48. The van der Waals surface area contributed by atoms with Crippen LogP contribution >= 0.6 is 0 Å². The van der Waals surface area contributed by atoms with Gasteiger partial charge in [0.2, 0.25) is 0 Å². The van der Waals surface area contributed by atoms with E-state index in [1.165, 1.54) is 11.1 Å². The first-order valence-corrected chi connectivity index (χ1v) is 7.34. The van der Waals surface area contributed by atoms with Crippen LogP contribution in [0.25, 0.3) is 0 Å². The molecule has 1 N–H and O–H groups in total. The second kappa shape index (κ2) is 5.61. The van der Waals surface area contributed by atoms with E-state index in [1.807, 2.05) is 6.92 Å². The summed E-state index contributed by atoms with van der Waals surface area (Å²) in [4.78, 5) is 0. The summed E-state index contributed by atoms with van der Waals surface area (Å²) in [5.41, 5.74) is 3.57. The van der Waals surface area contributed by atoms with Crippen molar-refractivity contribution in [3.05, 3.63) is 47.4 Å². The zero-order valence-corrected chi connectivity index (χ0v) is 12.1. The van der Waals surface area contributed by atoms with Gasteiger partial charge in [0.1, 0.15) is 11.5 Å². The maximum absolute atomic E-state index is 5.74. The largest absolute Gasteiger partial charge is 0.492 e. The fourth-order valence-corrected chi connectivity index (χ4v) is 2.85. The van der Waals surface area contributed by atoms with Gasteiger partial charge in [-0.25, -0.2) is 0 Å². The summed E-state index contributed by atoms with van der Waals surface area (Å²) in [5, 5.41) is 3.62. The Labute approximate surface area is 119 Å². The van der Waals surface area contributed by atoms with E-state index in [4.69, 9.17) is 9.15 Å². The molecule has 1 aromatic heterocycles. The zero-order valence-electron chi connectivity index (χ0n) is 12.1. The Morgan fingerprint density at radius 1 is 1.35 bits per heavy atom. The number of fused-ring (bicyclic) bond motifs is 1. The second-order valence-electron chi connectivity index (χ2n) is 5.32. The topological polar surface area (TPSA) is 34.4 Å². The average molecular weight is 271 g/mol. The summed E-state index contributed by atoms with van der Waals surface area (Å²) in [6.45, 7) is 4.78. The lowest BCUT2D eigenvalue weighted by atomic mass is 9.93. The van der Waals surface area contributed by atoms with Gasteiger partial charge in [-0.3, -0.25) is 0 Å². The standard InChI is InChI=1S/C17H21NO2/c1-3-19-17-11-12(2)7-8-15(17)18-14-5-4-6-16-13(14)9-10-20-16/h7-11,14,18H,3-6H2,1-2H3. The van der Waals surface area contributed by atoms with Crippen LogP contribution in [0.15, 0.2) is 34.9 Å². The third kappa shape index (κ3) is 2.53. The van der Waals surface area contributed by atoms with Crippen LogP contribution in [0.1, 0.15) is 42.7 Å². The van der Waals surface area contributed by atoms with Gasteiger partial charge in [0, 0.05) is 12.0 Å². The molecule has 0 amide bonds. The Morgan fingerprint density at radius 3 is 3.10 bits per heavy atom. The lowest BCUT2D eigenvalue weighted by molar-refractivity contribution is 0.341. The van der Waals surface area contributed by atoms with Crippen molar-refractivity contribution in [1.29, 1.82) is 0 Å². The van der Waals surface area contributed by atoms with E-state index in [2.05, 4.69) is 36.5 Å². The van der Waals surface area contributed by atoms with Crippen LogP contribution in [0.3, 0.4) is 0 Å². The summed E-state index contributed by atoms with van der Waals surface area (Å²) in [7, 11) is 0. The quantitative estimate of drug-likeness (QED) is 0.890. The highest BCUT2D eigenvalue weighted by Gasteiger charge is 2.23. The SMILES string of the molecule is CCOc1cc(C)ccc1NC1CCCc2occc21. The van der Waals surface area contributed by atoms with Gasteiger partial charge >= 0.3 is 0 Å². The lowest BCUT2D eigenvalue weighted by Gasteiger charge is -2.25. The van der Waals surface area contributed by atoms with Gasteiger partial charge in [0.05, 0.1) is 24.6 Å². The van der Waals surface area contributed by atoms with E-state index in [0.717, 1.165) is 36.5 Å². The first kappa shape index (κ1) is 13.1. The van der Waals surface area contributed by atoms with E-state index < -0.39 is 0 Å². The van der Waals surface area contributed by atoms with Crippen LogP contribution < -0.4 is 10.1 Å². The minimum Gasteiger partial charge on any atom is -0.492 e. The summed E-state index contributed by atoms with van der Waals surface area (Å²) in [6.07, 6.45) is 5.13. The maximum Gasteiger partial charge on any atom is 0.142 e. The molecule has 0 bridgehead atoms. The maximum atomic E-state index is 5.74. The Morgan fingerprint density at radius 2 is 2.25 bits per heavy atom. The molecule has 0 fully saturated rings. The molecule has 20 heavy (non-hydrogen) atoms. The van der Waals surface area contributed by atoms with Gasteiger partial charge in [0.25, 0.3) is 0 Å². The van der Waals surface area contributed by atoms with Crippen molar-refractivity contribution in [1.82, 2.24) is 0 Å². The van der Waals surface area contributed by atoms with E-state index >= 15 is 0 Å². The van der Waals surface area contributed by atoms with Crippen molar-refractivity contribution < 1.29 is 9.15 Å². The minimum absolute atomic E-state index is 0.319. The summed E-state index contributed by atoms with van der Waals surface area (Å²) in [5.74, 6) is 2.06. The van der Waals surface area contributed by atoms with E-state index in [9.17, 15) is 0 Å². The molecule has 3 rings (SSSR count). The minimum atomic E-state index is 0.319. The molecule has 0 aliphatic heterocycles. The van der Waals surface area contributed by atoms with Crippen LogP contribution in [0, 0.1) is 6.92 Å². The molecule has 1 unspecified atom stereocenters. The van der Waals surface area contributed by atoms with Crippen molar-refractivity contribution in [3.8, 4) is 5.75 Å². The zero-order chi connectivity index (χ0) is 13.9. The molecule has 0 spiro atoms. The molecule has 2 aromatic rings. The molecular weight excluding hydrogens is 250 g/mol. The third-order valence-electron chi connectivity index (χ3n) is 3.82. The molecule has 3 heteroatoms. The monoisotopic (exact) mass is 271 g/mol. The highest BCUT2D eigenvalue weighted by molar-refractivity contribution is 5.59. The Balaban J connectivity index is 1.85. The molecule has 1 heterocycles. The summed E-state index contributed by atoms with van der Waals surface area (Å²) < 4.78 is 11.3. The van der Waals surface area contributed by atoms with Crippen molar-refractivity contribution in [2.24, 2.45) is 0 Å². The highest BCUT2D eigenvalue weighted by Crippen LogP contribution is 2.36. The number of benzene rings is 1. The molecule has 3 nitrogen and oxygen atoms in total. The van der Waals surface area contributed by atoms with Crippen LogP contribution in [0.4, 0.5) is 5.69 Å². The molecule has 106 valence electrons. The number of hydrogen-bond donors (Lipinski definition) is 1. The fraction of sp³-hybridized carbons (Fsp3) is 0.412. The summed E-state index contributed by atoms with van der Waals surface area (Å²) in [6, 6.07) is 8.71. The number of nitrogens with one attached hydrogen (secondary N) is 1. The molecule has 1 aliphatic rings. The third-order valence-corrected chi connectivity index (χ3v) is 3.82. The van der Waals surface area contributed by atoms with E-state index in [0.29, 0.717) is 12.6 Å². The van der Waals surface area contributed by atoms with Crippen molar-refractivity contribution >= 4 is 5.69 Å². The number of rotatable bonds is 4. The van der Waals surface area contributed by atoms with Gasteiger partial charge in [-0.2, -0.15) is 0 Å². The molecule has 0 saturated carbocycles. The molecule has 1 aliphatic carbocycles. The van der Waals surface area contributed by atoms with Gasteiger partial charge in [-0.15, -0.1) is 0 Å². The molecule has 1 aromatic carbocycles. The van der Waals surface area contributed by atoms with Crippen LogP contribution in [-0.2, 0) is 6.42 Å². The van der Waals surface area contributed by atoms with Gasteiger partial charge < -0.3 is 14.5 Å². The Kier molecular flexibility index (Phi) is 3.68. The van der Waals surface area contributed by atoms with Crippen LogP contribution in [-0.4, -0.2) is 6.61 Å². The van der Waals surface area contributed by atoms with Gasteiger partial charge in [-0.05, 0) is 50.5 Å². The number of ether oxygens (including phenoxy) is 1. The number of anilines is 1. The van der Waals surface area contributed by atoms with E-state index in [-0.39, 0.29) is 0 Å². The van der Waals surface area contributed by atoms with Crippen LogP contribution in [0.2, 0.25) is 0 Å². The van der Waals surface area contributed by atoms with Crippen molar-refractivity contribution in [2.45, 2.75) is 39.2 Å². The number of furan rings is 1. The number of hydrogen-bond acceptors (Lipinski definition) is 3. The number of aryl methyl sites for hydroxylation is 2. The molecule has 1 atom stereocenters. The Hall–Kier alpha value is -1.90. The average Bonchev–Trinajstić information content (AvgIpc) is 2.91. The normalized spacial score (nSPS) is 17.6. The molecular formula is C17H21NO2. The predicted molar refractivity (Wildman–Crippen MR) is 80.4 cm³/mol. The second-order valence-corrected chi connectivity index (χ2v) is 5.32. The van der Waals surface area contributed by atoms with Crippen molar-refractivity contribution in [3.63, 3.8) is 0 Å². The van der Waals surface area contributed by atoms with Gasteiger partial charge in [0.15, 0.2) is 0 Å². The van der Waals surface area contributed by atoms with Gasteiger partial charge in [-0.1, -0.05) is 6.07 Å². The smallest absolute Gasteiger partial charge is 0.142 e.